The molecule has 0 atom stereocenters. The molecular weight excluding hydrogens is 87.0 g/mol. The van der Waals surface area contributed by atoms with Gasteiger partial charge in [-0.05, 0) is 0 Å². The molecule has 0 aromatic rings. The van der Waals surface area contributed by atoms with Gasteiger partial charge in [-0.2, -0.15) is 0 Å². The summed E-state index contributed by atoms with van der Waals surface area (Å²) in [6.45, 7) is 1.91. The summed E-state index contributed by atoms with van der Waals surface area (Å²) in [5, 5.41) is 0. The van der Waals surface area contributed by atoms with Gasteiger partial charge in [0, 0.05) is 0 Å². The molecule has 0 fully saturated rings. The maximum absolute atomic E-state index is 4.41. The van der Waals surface area contributed by atoms with Crippen molar-refractivity contribution in [2.24, 2.45) is 0 Å². The maximum atomic E-state index is 4.41. The molecule has 3 heteroatoms. The van der Waals surface area contributed by atoms with Crippen LogP contribution in [0.5, 0.6) is 0 Å². The van der Waals surface area contributed by atoms with Gasteiger partial charge in [-0.15, -0.1) is 0 Å². The fraction of sp³-hybridized carbons (Fsp3) is 1.00. The Labute approximate surface area is 34.5 Å². The summed E-state index contributed by atoms with van der Waals surface area (Å²) in [7, 11) is 1.31. The second-order valence-electron chi connectivity index (χ2n) is 0.332. The quantitative estimate of drug-likeness (QED) is 0.383. The van der Waals surface area contributed by atoms with Crippen LogP contribution < -0.4 is 0 Å². The molecule has 0 nitrogen and oxygen atoms in total. The van der Waals surface area contributed by atoms with Gasteiger partial charge in [0.1, 0.15) is 0 Å². The van der Waals surface area contributed by atoms with E-state index in [9.17, 15) is 0 Å². The molecule has 0 radical (unpaired) electrons. The normalized spacial score (nSPS) is 4.25. The zero-order chi connectivity index (χ0) is 3.41. The van der Waals surface area contributed by atoms with E-state index in [1.807, 2.05) is 13.0 Å². The Morgan fingerprint density at radius 1 is 2.00 bits per heavy atom. The first-order valence-electron chi connectivity index (χ1n) is 0.980. The second kappa shape index (κ2) is 3.50. The SMILES string of the molecule is CB=S=S. The van der Waals surface area contributed by atoms with Crippen LogP contribution in [0.25, 0.3) is 0 Å². The molecular formula is CH3BS2. The minimum absolute atomic E-state index is 1.31. The molecule has 0 aromatic carbocycles. The van der Waals surface area contributed by atoms with Crippen molar-refractivity contribution in [2.45, 2.75) is 6.82 Å². The predicted octanol–water partition coefficient (Wildman–Crippen LogP) is 0.198. The Morgan fingerprint density at radius 2 is 2.25 bits per heavy atom. The summed E-state index contributed by atoms with van der Waals surface area (Å²) >= 11 is 4.41. The third-order valence-electron chi connectivity index (χ3n) is 0.0962. The van der Waals surface area contributed by atoms with Crippen LogP contribution >= 0.6 is 0 Å². The summed E-state index contributed by atoms with van der Waals surface area (Å²) in [5.74, 6) is 0. The molecule has 22 valence electrons. The van der Waals surface area contributed by atoms with Crippen molar-refractivity contribution >= 4 is 27.1 Å². The van der Waals surface area contributed by atoms with E-state index in [1.54, 1.807) is 0 Å². The Balaban J connectivity index is 3.11. The van der Waals surface area contributed by atoms with E-state index in [1.165, 1.54) is 9.75 Å². The van der Waals surface area contributed by atoms with Crippen LogP contribution in [-0.2, 0) is 20.9 Å². The molecule has 0 aromatic heterocycles. The molecule has 0 aliphatic heterocycles. The van der Waals surface area contributed by atoms with E-state index in [0.29, 0.717) is 0 Å². The minimum atomic E-state index is 1.31. The topological polar surface area (TPSA) is 0 Å². The van der Waals surface area contributed by atoms with E-state index < -0.39 is 0 Å². The van der Waals surface area contributed by atoms with Crippen LogP contribution in [0, 0.1) is 0 Å². The van der Waals surface area contributed by atoms with Gasteiger partial charge in [0.15, 0.2) is 0 Å². The van der Waals surface area contributed by atoms with Gasteiger partial charge in [-0.3, -0.25) is 0 Å². The van der Waals surface area contributed by atoms with Crippen LogP contribution in [-0.4, -0.2) is 6.15 Å². The average molecular weight is 90.0 g/mol. The van der Waals surface area contributed by atoms with Gasteiger partial charge >= 0.3 is 33.9 Å². The zero-order valence-corrected chi connectivity index (χ0v) is 4.03. The number of hydrogen-bond donors (Lipinski definition) is 0. The summed E-state index contributed by atoms with van der Waals surface area (Å²) in [4.78, 5) is 0. The Hall–Kier alpha value is 0.505. The predicted molar refractivity (Wildman–Crippen MR) is 26.3 cm³/mol. The Bertz CT molecular complexity index is 44.0. The average Bonchev–Trinajstić information content (AvgIpc) is 1.37. The zero-order valence-electron chi connectivity index (χ0n) is 2.39. The molecule has 4 heavy (non-hydrogen) atoms. The molecule has 0 aliphatic carbocycles. The van der Waals surface area contributed by atoms with E-state index in [4.69, 9.17) is 0 Å². The molecule has 0 N–H and O–H groups in total. The van der Waals surface area contributed by atoms with E-state index in [2.05, 4.69) is 11.2 Å². The molecule has 0 unspecified atom stereocenters. The fourth-order valence-corrected chi connectivity index (χ4v) is 0. The number of rotatable bonds is 0. The van der Waals surface area contributed by atoms with Crippen LogP contribution in [0.2, 0.25) is 6.82 Å². The van der Waals surface area contributed by atoms with Gasteiger partial charge in [0.25, 0.3) is 0 Å². The van der Waals surface area contributed by atoms with Gasteiger partial charge in [-0.1, -0.05) is 0 Å². The van der Waals surface area contributed by atoms with Crippen molar-refractivity contribution in [3.63, 3.8) is 0 Å². The van der Waals surface area contributed by atoms with Crippen LogP contribution in [0.3, 0.4) is 0 Å². The van der Waals surface area contributed by atoms with Crippen molar-refractivity contribution in [2.75, 3.05) is 0 Å². The summed E-state index contributed by atoms with van der Waals surface area (Å²) < 4.78 is 0. The van der Waals surface area contributed by atoms with Crippen LogP contribution in [0.1, 0.15) is 0 Å². The van der Waals surface area contributed by atoms with Gasteiger partial charge in [0.05, 0.1) is 0 Å². The summed E-state index contributed by atoms with van der Waals surface area (Å²) in [6, 6.07) is 0. The van der Waals surface area contributed by atoms with Crippen molar-refractivity contribution in [3.05, 3.63) is 0 Å². The van der Waals surface area contributed by atoms with Crippen molar-refractivity contribution < 1.29 is 0 Å². The molecule has 0 rings (SSSR count). The second-order valence-corrected chi connectivity index (χ2v) is 1.57. The fourth-order valence-electron chi connectivity index (χ4n) is 0. The Kier molecular flexibility index (Phi) is 3.95. The summed E-state index contributed by atoms with van der Waals surface area (Å²) in [5.41, 5.74) is 0. The van der Waals surface area contributed by atoms with Crippen molar-refractivity contribution in [3.8, 4) is 0 Å². The first-order chi connectivity index (χ1) is 1.91. The monoisotopic (exact) mass is 90.0 g/mol. The van der Waals surface area contributed by atoms with E-state index in [-0.39, 0.29) is 0 Å². The van der Waals surface area contributed by atoms with E-state index >= 15 is 0 Å². The van der Waals surface area contributed by atoms with Gasteiger partial charge in [0.2, 0.25) is 0 Å². The van der Waals surface area contributed by atoms with Gasteiger partial charge in [-0.25, -0.2) is 0 Å². The molecule has 0 bridgehead atoms. The standard InChI is InChI=1S/CH3BS2/c1-2-4-3/h1H3. The molecule has 0 amide bonds. The molecule has 0 heterocycles. The third-order valence-corrected chi connectivity index (χ3v) is 0.866. The van der Waals surface area contributed by atoms with Crippen molar-refractivity contribution in [1.82, 2.24) is 0 Å². The van der Waals surface area contributed by atoms with Crippen molar-refractivity contribution in [1.29, 1.82) is 0 Å². The Morgan fingerprint density at radius 3 is 2.25 bits per heavy atom. The molecule has 0 spiro atoms. The number of hydrogen-bond acceptors (Lipinski definition) is 1. The molecule has 0 saturated heterocycles. The van der Waals surface area contributed by atoms with Crippen LogP contribution in [0.15, 0.2) is 0 Å². The first-order valence-corrected chi connectivity index (χ1v) is 2.78. The third kappa shape index (κ3) is 2.50. The molecule has 0 saturated carbocycles. The summed E-state index contributed by atoms with van der Waals surface area (Å²) in [6.07, 6.45) is 1.86. The first kappa shape index (κ1) is 4.50. The van der Waals surface area contributed by atoms with E-state index in [0.717, 1.165) is 0 Å². The van der Waals surface area contributed by atoms with Crippen LogP contribution in [0.4, 0.5) is 0 Å². The van der Waals surface area contributed by atoms with Gasteiger partial charge < -0.3 is 0 Å². The molecule has 0 aliphatic rings.